The van der Waals surface area contributed by atoms with Gasteiger partial charge in [-0.2, -0.15) is 0 Å². The Bertz CT molecular complexity index is 298. The Balaban J connectivity index is 1.67. The van der Waals surface area contributed by atoms with Crippen LogP contribution in [0.5, 0.6) is 0 Å². The molecule has 3 nitrogen and oxygen atoms in total. The van der Waals surface area contributed by atoms with Gasteiger partial charge in [0.25, 0.3) is 0 Å². The van der Waals surface area contributed by atoms with Crippen molar-refractivity contribution in [3.63, 3.8) is 0 Å². The smallest absolute Gasteiger partial charge is 0.163 e. The van der Waals surface area contributed by atoms with Gasteiger partial charge in [0, 0.05) is 18.0 Å². The second kappa shape index (κ2) is 4.61. The van der Waals surface area contributed by atoms with Gasteiger partial charge in [0.15, 0.2) is 5.79 Å². The Morgan fingerprint density at radius 1 is 1.60 bits per heavy atom. The molecule has 2 rings (SSSR count). The van der Waals surface area contributed by atoms with Crippen molar-refractivity contribution in [2.75, 3.05) is 13.2 Å². The van der Waals surface area contributed by atoms with Gasteiger partial charge in [0.05, 0.1) is 12.7 Å². The average Bonchev–Trinajstić information content (AvgIpc) is 2.76. The van der Waals surface area contributed by atoms with E-state index >= 15 is 0 Å². The standard InChI is InChI=1S/C11H17NO2S/c1-11(2)13-8-9(14-11)6-12-7-10-4-3-5-15-10/h3-5,9,12H,6-8H2,1-2H3. The summed E-state index contributed by atoms with van der Waals surface area (Å²) >= 11 is 1.77. The van der Waals surface area contributed by atoms with Gasteiger partial charge in [0.1, 0.15) is 0 Å². The fourth-order valence-electron chi connectivity index (χ4n) is 1.63. The second-order valence-electron chi connectivity index (χ2n) is 4.16. The van der Waals surface area contributed by atoms with Crippen LogP contribution in [0.1, 0.15) is 18.7 Å². The molecule has 0 bridgehead atoms. The third kappa shape index (κ3) is 3.28. The molecule has 1 N–H and O–H groups in total. The van der Waals surface area contributed by atoms with Crippen LogP contribution >= 0.6 is 11.3 Å². The highest BCUT2D eigenvalue weighted by Crippen LogP contribution is 2.21. The molecule has 1 aromatic heterocycles. The molecule has 0 aliphatic carbocycles. The Morgan fingerprint density at radius 3 is 3.07 bits per heavy atom. The lowest BCUT2D eigenvalue weighted by Crippen LogP contribution is -2.30. The second-order valence-corrected chi connectivity index (χ2v) is 5.19. The molecule has 2 heterocycles. The fourth-order valence-corrected chi connectivity index (χ4v) is 2.31. The zero-order valence-corrected chi connectivity index (χ0v) is 9.97. The predicted octanol–water partition coefficient (Wildman–Crippen LogP) is 1.99. The molecule has 1 aliphatic heterocycles. The van der Waals surface area contributed by atoms with Crippen LogP contribution in [0.15, 0.2) is 17.5 Å². The van der Waals surface area contributed by atoms with Crippen LogP contribution in [0.4, 0.5) is 0 Å². The van der Waals surface area contributed by atoms with E-state index < -0.39 is 5.79 Å². The summed E-state index contributed by atoms with van der Waals surface area (Å²) in [4.78, 5) is 1.35. The quantitative estimate of drug-likeness (QED) is 0.853. The van der Waals surface area contributed by atoms with E-state index in [-0.39, 0.29) is 6.10 Å². The molecule has 84 valence electrons. The van der Waals surface area contributed by atoms with Crippen LogP contribution in [-0.2, 0) is 16.0 Å². The summed E-state index contributed by atoms with van der Waals surface area (Å²) < 4.78 is 11.2. The van der Waals surface area contributed by atoms with E-state index in [2.05, 4.69) is 22.8 Å². The molecule has 0 amide bonds. The number of hydrogen-bond acceptors (Lipinski definition) is 4. The van der Waals surface area contributed by atoms with Gasteiger partial charge in [-0.25, -0.2) is 0 Å². The molecule has 1 aromatic rings. The summed E-state index contributed by atoms with van der Waals surface area (Å²) in [6, 6.07) is 4.20. The summed E-state index contributed by atoms with van der Waals surface area (Å²) in [6.45, 7) is 6.35. The van der Waals surface area contributed by atoms with E-state index in [1.807, 2.05) is 13.8 Å². The largest absolute Gasteiger partial charge is 0.348 e. The van der Waals surface area contributed by atoms with Crippen molar-refractivity contribution in [1.82, 2.24) is 5.32 Å². The zero-order chi connectivity index (χ0) is 10.7. The van der Waals surface area contributed by atoms with Crippen LogP contribution in [0.3, 0.4) is 0 Å². The lowest BCUT2D eigenvalue weighted by Gasteiger charge is -2.17. The van der Waals surface area contributed by atoms with Gasteiger partial charge in [-0.15, -0.1) is 11.3 Å². The summed E-state index contributed by atoms with van der Waals surface area (Å²) in [5, 5.41) is 5.47. The summed E-state index contributed by atoms with van der Waals surface area (Å²) in [5.74, 6) is -0.407. The third-order valence-corrected chi connectivity index (χ3v) is 3.20. The highest BCUT2D eigenvalue weighted by Gasteiger charge is 2.32. The maximum Gasteiger partial charge on any atom is 0.163 e. The van der Waals surface area contributed by atoms with Crippen molar-refractivity contribution in [2.24, 2.45) is 0 Å². The fraction of sp³-hybridized carbons (Fsp3) is 0.636. The highest BCUT2D eigenvalue weighted by molar-refractivity contribution is 7.09. The maximum absolute atomic E-state index is 5.69. The van der Waals surface area contributed by atoms with E-state index in [0.717, 1.165) is 13.1 Å². The lowest BCUT2D eigenvalue weighted by molar-refractivity contribution is -0.137. The molecule has 1 unspecified atom stereocenters. The molecule has 0 aromatic carbocycles. The monoisotopic (exact) mass is 227 g/mol. The summed E-state index contributed by atoms with van der Waals surface area (Å²) in [5.41, 5.74) is 0. The van der Waals surface area contributed by atoms with Gasteiger partial charge >= 0.3 is 0 Å². The van der Waals surface area contributed by atoms with E-state index in [1.54, 1.807) is 11.3 Å². The molecule has 0 spiro atoms. The van der Waals surface area contributed by atoms with Gasteiger partial charge in [-0.1, -0.05) is 6.07 Å². The molecule has 1 saturated heterocycles. The normalized spacial score (nSPS) is 24.5. The Morgan fingerprint density at radius 2 is 2.47 bits per heavy atom. The first-order chi connectivity index (χ1) is 7.16. The Kier molecular flexibility index (Phi) is 3.41. The van der Waals surface area contributed by atoms with E-state index in [4.69, 9.17) is 9.47 Å². The van der Waals surface area contributed by atoms with Crippen molar-refractivity contribution in [2.45, 2.75) is 32.3 Å². The minimum Gasteiger partial charge on any atom is -0.348 e. The van der Waals surface area contributed by atoms with Crippen LogP contribution < -0.4 is 5.32 Å². The minimum atomic E-state index is -0.407. The molecule has 1 atom stereocenters. The van der Waals surface area contributed by atoms with E-state index in [0.29, 0.717) is 6.61 Å². The van der Waals surface area contributed by atoms with Crippen LogP contribution in [0.25, 0.3) is 0 Å². The third-order valence-electron chi connectivity index (χ3n) is 2.32. The predicted molar refractivity (Wildman–Crippen MR) is 60.9 cm³/mol. The number of thiophene rings is 1. The van der Waals surface area contributed by atoms with Crippen molar-refractivity contribution in [3.05, 3.63) is 22.4 Å². The SMILES string of the molecule is CC1(C)OCC(CNCc2cccs2)O1. The summed E-state index contributed by atoms with van der Waals surface area (Å²) in [6.07, 6.45) is 0.181. The molecular weight excluding hydrogens is 210 g/mol. The first kappa shape index (κ1) is 11.1. The molecule has 0 saturated carbocycles. The van der Waals surface area contributed by atoms with Crippen molar-refractivity contribution < 1.29 is 9.47 Å². The van der Waals surface area contributed by atoms with Crippen LogP contribution in [0.2, 0.25) is 0 Å². The Hall–Kier alpha value is -0.420. The Labute approximate surface area is 94.4 Å². The van der Waals surface area contributed by atoms with Crippen LogP contribution in [-0.4, -0.2) is 25.0 Å². The average molecular weight is 227 g/mol. The zero-order valence-electron chi connectivity index (χ0n) is 9.16. The number of nitrogens with one attached hydrogen (secondary N) is 1. The number of ether oxygens (including phenoxy) is 2. The van der Waals surface area contributed by atoms with Crippen molar-refractivity contribution >= 4 is 11.3 Å². The van der Waals surface area contributed by atoms with Crippen molar-refractivity contribution in [1.29, 1.82) is 0 Å². The molecular formula is C11H17NO2S. The number of hydrogen-bond donors (Lipinski definition) is 1. The maximum atomic E-state index is 5.69. The molecule has 15 heavy (non-hydrogen) atoms. The first-order valence-electron chi connectivity index (χ1n) is 5.20. The summed E-state index contributed by atoms with van der Waals surface area (Å²) in [7, 11) is 0. The lowest BCUT2D eigenvalue weighted by atomic mass is 10.3. The van der Waals surface area contributed by atoms with E-state index in [9.17, 15) is 0 Å². The molecule has 1 fully saturated rings. The molecule has 4 heteroatoms. The van der Waals surface area contributed by atoms with Gasteiger partial charge < -0.3 is 14.8 Å². The molecule has 1 aliphatic rings. The van der Waals surface area contributed by atoms with Gasteiger partial charge in [-0.3, -0.25) is 0 Å². The minimum absolute atomic E-state index is 0.181. The van der Waals surface area contributed by atoms with Crippen LogP contribution in [0, 0.1) is 0 Å². The topological polar surface area (TPSA) is 30.5 Å². The number of rotatable bonds is 4. The van der Waals surface area contributed by atoms with Crippen molar-refractivity contribution in [3.8, 4) is 0 Å². The molecule has 0 radical (unpaired) electrons. The van der Waals surface area contributed by atoms with E-state index in [1.165, 1.54) is 4.88 Å². The van der Waals surface area contributed by atoms with Gasteiger partial charge in [-0.05, 0) is 25.3 Å². The first-order valence-corrected chi connectivity index (χ1v) is 6.08. The highest BCUT2D eigenvalue weighted by atomic mass is 32.1. The van der Waals surface area contributed by atoms with Gasteiger partial charge in [0.2, 0.25) is 0 Å².